The van der Waals surface area contributed by atoms with Crippen LogP contribution in [0.25, 0.3) is 0 Å². The van der Waals surface area contributed by atoms with E-state index in [4.69, 9.17) is 0 Å². The van der Waals surface area contributed by atoms with Crippen molar-refractivity contribution in [2.45, 2.75) is 19.3 Å². The Bertz CT molecular complexity index is 320. The predicted molar refractivity (Wildman–Crippen MR) is 64.4 cm³/mol. The zero-order valence-electron chi connectivity index (χ0n) is 9.24. The van der Waals surface area contributed by atoms with Crippen LogP contribution in [-0.2, 0) is 11.2 Å². The van der Waals surface area contributed by atoms with Crippen LogP contribution in [0.2, 0.25) is 0 Å². The van der Waals surface area contributed by atoms with E-state index >= 15 is 0 Å². The molecule has 0 aromatic carbocycles. The third kappa shape index (κ3) is 3.57. The third-order valence-corrected chi connectivity index (χ3v) is 3.62. The standard InChI is InChI=1S/C11H17N3OS/c15-10(7-9-1-3-12-8-9)13-4-2-11-14-5-6-16-11/h5-6,9,12H,1-4,7-8H2,(H,13,15). The molecule has 5 heteroatoms. The second kappa shape index (κ2) is 5.96. The monoisotopic (exact) mass is 239 g/mol. The van der Waals surface area contributed by atoms with Gasteiger partial charge >= 0.3 is 0 Å². The molecule has 4 nitrogen and oxygen atoms in total. The molecule has 0 aliphatic carbocycles. The van der Waals surface area contributed by atoms with Crippen LogP contribution in [0.5, 0.6) is 0 Å². The molecule has 1 aromatic rings. The number of thiazole rings is 1. The minimum atomic E-state index is 0.172. The van der Waals surface area contributed by atoms with Gasteiger partial charge in [-0.2, -0.15) is 0 Å². The topological polar surface area (TPSA) is 54.0 Å². The largest absolute Gasteiger partial charge is 0.356 e. The summed E-state index contributed by atoms with van der Waals surface area (Å²) in [5, 5.41) is 9.26. The van der Waals surface area contributed by atoms with Crippen molar-refractivity contribution in [3.8, 4) is 0 Å². The number of hydrogen-bond acceptors (Lipinski definition) is 4. The highest BCUT2D eigenvalue weighted by Crippen LogP contribution is 2.11. The maximum atomic E-state index is 11.6. The van der Waals surface area contributed by atoms with Crippen molar-refractivity contribution in [3.63, 3.8) is 0 Å². The number of amides is 1. The number of nitrogens with one attached hydrogen (secondary N) is 2. The number of carbonyl (C=O) groups excluding carboxylic acids is 1. The lowest BCUT2D eigenvalue weighted by Crippen LogP contribution is -2.28. The number of hydrogen-bond donors (Lipinski definition) is 2. The smallest absolute Gasteiger partial charge is 0.220 e. The summed E-state index contributed by atoms with van der Waals surface area (Å²) in [5.41, 5.74) is 0. The Kier molecular flexibility index (Phi) is 4.30. The van der Waals surface area contributed by atoms with E-state index < -0.39 is 0 Å². The minimum Gasteiger partial charge on any atom is -0.356 e. The van der Waals surface area contributed by atoms with Crippen LogP contribution >= 0.6 is 11.3 Å². The lowest BCUT2D eigenvalue weighted by Gasteiger charge is -2.08. The quantitative estimate of drug-likeness (QED) is 0.799. The van der Waals surface area contributed by atoms with Gasteiger partial charge in [0.1, 0.15) is 0 Å². The number of carbonyl (C=O) groups is 1. The van der Waals surface area contributed by atoms with Gasteiger partial charge in [0.25, 0.3) is 0 Å². The molecule has 1 saturated heterocycles. The van der Waals surface area contributed by atoms with E-state index in [9.17, 15) is 4.79 Å². The molecule has 0 bridgehead atoms. The first kappa shape index (κ1) is 11.5. The highest BCUT2D eigenvalue weighted by Gasteiger charge is 2.17. The van der Waals surface area contributed by atoms with Crippen LogP contribution in [0.3, 0.4) is 0 Å². The molecule has 0 spiro atoms. The van der Waals surface area contributed by atoms with E-state index in [1.807, 2.05) is 5.38 Å². The number of rotatable bonds is 5. The summed E-state index contributed by atoms with van der Waals surface area (Å²) in [6, 6.07) is 0. The second-order valence-electron chi connectivity index (χ2n) is 4.09. The van der Waals surface area contributed by atoms with Crippen molar-refractivity contribution >= 4 is 17.2 Å². The highest BCUT2D eigenvalue weighted by atomic mass is 32.1. The van der Waals surface area contributed by atoms with E-state index in [1.54, 1.807) is 17.5 Å². The van der Waals surface area contributed by atoms with Crippen molar-refractivity contribution in [1.29, 1.82) is 0 Å². The van der Waals surface area contributed by atoms with Gasteiger partial charge in [0, 0.05) is 31.0 Å². The first-order valence-electron chi connectivity index (χ1n) is 5.70. The SMILES string of the molecule is O=C(CC1CCNC1)NCCc1nccs1. The molecular formula is C11H17N3OS. The molecular weight excluding hydrogens is 222 g/mol. The van der Waals surface area contributed by atoms with Gasteiger partial charge in [0.2, 0.25) is 5.91 Å². The summed E-state index contributed by atoms with van der Waals surface area (Å²) in [4.78, 5) is 15.7. The van der Waals surface area contributed by atoms with Crippen molar-refractivity contribution in [3.05, 3.63) is 16.6 Å². The normalized spacial score (nSPS) is 19.9. The van der Waals surface area contributed by atoms with Crippen LogP contribution in [-0.4, -0.2) is 30.5 Å². The van der Waals surface area contributed by atoms with E-state index in [1.165, 1.54) is 0 Å². The summed E-state index contributed by atoms with van der Waals surface area (Å²) in [6.07, 6.45) is 4.42. The molecule has 0 saturated carbocycles. The molecule has 1 amide bonds. The fraction of sp³-hybridized carbons (Fsp3) is 0.636. The summed E-state index contributed by atoms with van der Waals surface area (Å²) in [7, 11) is 0. The zero-order valence-corrected chi connectivity index (χ0v) is 10.1. The predicted octanol–water partition coefficient (Wildman–Crippen LogP) is 0.801. The van der Waals surface area contributed by atoms with Gasteiger partial charge < -0.3 is 10.6 Å². The van der Waals surface area contributed by atoms with Crippen LogP contribution in [0.15, 0.2) is 11.6 Å². The zero-order chi connectivity index (χ0) is 11.2. The second-order valence-corrected chi connectivity index (χ2v) is 5.07. The first-order chi connectivity index (χ1) is 7.84. The fourth-order valence-electron chi connectivity index (χ4n) is 1.91. The summed E-state index contributed by atoms with van der Waals surface area (Å²) < 4.78 is 0. The molecule has 1 atom stereocenters. The summed E-state index contributed by atoms with van der Waals surface area (Å²) in [5.74, 6) is 0.699. The molecule has 2 rings (SSSR count). The molecule has 1 unspecified atom stereocenters. The van der Waals surface area contributed by atoms with E-state index in [0.29, 0.717) is 18.9 Å². The van der Waals surface area contributed by atoms with Crippen LogP contribution in [0, 0.1) is 5.92 Å². The summed E-state index contributed by atoms with van der Waals surface area (Å²) in [6.45, 7) is 2.74. The first-order valence-corrected chi connectivity index (χ1v) is 6.58. The molecule has 1 fully saturated rings. The van der Waals surface area contributed by atoms with Crippen molar-refractivity contribution < 1.29 is 4.79 Å². The van der Waals surface area contributed by atoms with E-state index in [2.05, 4.69) is 15.6 Å². The van der Waals surface area contributed by atoms with Gasteiger partial charge in [-0.05, 0) is 25.4 Å². The van der Waals surface area contributed by atoms with Gasteiger partial charge in [-0.15, -0.1) is 11.3 Å². The highest BCUT2D eigenvalue weighted by molar-refractivity contribution is 7.09. The average molecular weight is 239 g/mol. The number of aromatic nitrogens is 1. The molecule has 88 valence electrons. The molecule has 1 aliphatic rings. The maximum absolute atomic E-state index is 11.6. The molecule has 16 heavy (non-hydrogen) atoms. The third-order valence-electron chi connectivity index (χ3n) is 2.78. The molecule has 1 aromatic heterocycles. The van der Waals surface area contributed by atoms with Gasteiger partial charge in [0.05, 0.1) is 5.01 Å². The Labute approximate surface area is 99.5 Å². The van der Waals surface area contributed by atoms with Crippen molar-refractivity contribution in [2.24, 2.45) is 5.92 Å². The lowest BCUT2D eigenvalue weighted by molar-refractivity contribution is -0.121. The maximum Gasteiger partial charge on any atom is 0.220 e. The van der Waals surface area contributed by atoms with Crippen LogP contribution in [0.1, 0.15) is 17.8 Å². The van der Waals surface area contributed by atoms with Gasteiger partial charge in [-0.25, -0.2) is 4.98 Å². The van der Waals surface area contributed by atoms with Crippen LogP contribution in [0.4, 0.5) is 0 Å². The Balaban J connectivity index is 1.60. The minimum absolute atomic E-state index is 0.172. The average Bonchev–Trinajstić information content (AvgIpc) is 2.90. The Hall–Kier alpha value is -0.940. The fourth-order valence-corrected chi connectivity index (χ4v) is 2.53. The molecule has 1 aliphatic heterocycles. The molecule has 0 radical (unpaired) electrons. The van der Waals surface area contributed by atoms with E-state index in [0.717, 1.165) is 30.9 Å². The van der Waals surface area contributed by atoms with E-state index in [-0.39, 0.29) is 5.91 Å². The van der Waals surface area contributed by atoms with Gasteiger partial charge in [0.15, 0.2) is 0 Å². The Morgan fingerprint density at radius 3 is 3.31 bits per heavy atom. The number of nitrogens with zero attached hydrogens (tertiary/aromatic N) is 1. The van der Waals surface area contributed by atoms with Crippen LogP contribution < -0.4 is 10.6 Å². The molecule has 2 N–H and O–H groups in total. The lowest BCUT2D eigenvalue weighted by atomic mass is 10.0. The Morgan fingerprint density at radius 1 is 1.69 bits per heavy atom. The Morgan fingerprint density at radius 2 is 2.62 bits per heavy atom. The van der Waals surface area contributed by atoms with Crippen molar-refractivity contribution in [2.75, 3.05) is 19.6 Å². The van der Waals surface area contributed by atoms with Gasteiger partial charge in [-0.3, -0.25) is 4.79 Å². The summed E-state index contributed by atoms with van der Waals surface area (Å²) >= 11 is 1.64. The van der Waals surface area contributed by atoms with Gasteiger partial charge in [-0.1, -0.05) is 0 Å². The van der Waals surface area contributed by atoms with Crippen molar-refractivity contribution in [1.82, 2.24) is 15.6 Å². The molecule has 2 heterocycles.